The molecule has 7 heteroatoms. The summed E-state index contributed by atoms with van der Waals surface area (Å²) in [5, 5.41) is 11.5. The second-order valence-electron chi connectivity index (χ2n) is 10.1. The van der Waals surface area contributed by atoms with Crippen LogP contribution in [0.3, 0.4) is 0 Å². The first-order valence-electron chi connectivity index (χ1n) is 13.4. The van der Waals surface area contributed by atoms with Gasteiger partial charge in [-0.2, -0.15) is 0 Å². The Bertz CT molecular complexity index is 1660. The third kappa shape index (κ3) is 5.28. The predicted molar refractivity (Wildman–Crippen MR) is 161 cm³/mol. The maximum atomic E-state index is 12.0. The van der Waals surface area contributed by atoms with E-state index in [1.54, 1.807) is 6.07 Å². The lowest BCUT2D eigenvalue weighted by Crippen LogP contribution is -2.47. The topological polar surface area (TPSA) is 68.8 Å². The van der Waals surface area contributed by atoms with Crippen molar-refractivity contribution in [3.8, 4) is 22.6 Å². The van der Waals surface area contributed by atoms with Crippen LogP contribution in [0.5, 0.6) is 11.5 Å². The van der Waals surface area contributed by atoms with Crippen LogP contribution in [0.2, 0.25) is 5.02 Å². The largest absolute Gasteiger partial charge is 0.478 e. The Balaban J connectivity index is 1.18. The summed E-state index contributed by atoms with van der Waals surface area (Å²) < 4.78 is 6.12. The molecule has 202 valence electrons. The maximum Gasteiger partial charge on any atom is 0.339 e. The number of halogens is 1. The third-order valence-corrected chi connectivity index (χ3v) is 7.99. The lowest BCUT2D eigenvalue weighted by molar-refractivity contribution is 0.0694. The van der Waals surface area contributed by atoms with Crippen LogP contribution in [0.4, 0.5) is 5.69 Å². The van der Waals surface area contributed by atoms with Gasteiger partial charge in [0.2, 0.25) is 0 Å². The highest BCUT2D eigenvalue weighted by molar-refractivity contribution is 6.30. The summed E-state index contributed by atoms with van der Waals surface area (Å²) in [4.78, 5) is 19.9. The fraction of sp³-hybridized carbons (Fsp3) is 0.182. The highest BCUT2D eigenvalue weighted by Crippen LogP contribution is 2.35. The van der Waals surface area contributed by atoms with Gasteiger partial charge >= 0.3 is 5.97 Å². The predicted octanol–water partition coefficient (Wildman–Crippen LogP) is 7.86. The maximum absolute atomic E-state index is 12.0. The second kappa shape index (κ2) is 11.1. The Kier molecular flexibility index (Phi) is 7.20. The number of nitrogens with zero attached hydrogens (tertiary/aromatic N) is 2. The summed E-state index contributed by atoms with van der Waals surface area (Å²) in [6, 6.07) is 29.8. The molecule has 1 unspecified atom stereocenters. The van der Waals surface area contributed by atoms with Gasteiger partial charge < -0.3 is 19.7 Å². The van der Waals surface area contributed by atoms with Crippen molar-refractivity contribution in [2.24, 2.45) is 0 Å². The number of nitrogens with one attached hydrogen (secondary N) is 1. The summed E-state index contributed by atoms with van der Waals surface area (Å²) in [5.74, 6) is -0.0698. The van der Waals surface area contributed by atoms with E-state index in [1.165, 1.54) is 11.1 Å². The smallest absolute Gasteiger partial charge is 0.339 e. The lowest BCUT2D eigenvalue weighted by atomic mass is 9.94. The zero-order valence-electron chi connectivity index (χ0n) is 22.2. The number of carbonyl (C=O) groups is 1. The van der Waals surface area contributed by atoms with Gasteiger partial charge in [0.1, 0.15) is 17.1 Å². The SMILES string of the molecule is CC(c1ccccc1-c1ccc(Cl)cc1)N1CCN(c2ccc(C(=O)O)c(Oc3ccc4[nH]ccc4c3)c2)CC1. The Morgan fingerprint density at radius 1 is 0.925 bits per heavy atom. The summed E-state index contributed by atoms with van der Waals surface area (Å²) >= 11 is 6.13. The van der Waals surface area contributed by atoms with Gasteiger partial charge in [0, 0.05) is 66.1 Å². The normalized spacial score (nSPS) is 14.8. The Labute approximate surface area is 238 Å². The molecule has 5 aromatic rings. The molecule has 1 atom stereocenters. The first-order valence-corrected chi connectivity index (χ1v) is 13.8. The monoisotopic (exact) mass is 551 g/mol. The standard InChI is InChI=1S/C33H30ClN3O3/c1-22(28-4-2-3-5-29(28)23-6-8-25(34)9-7-23)36-16-18-37(19-17-36)26-10-12-30(33(38)39)32(21-26)40-27-11-13-31-24(20-27)14-15-35-31/h2-15,20-22,35H,16-19H2,1H3,(H,38,39). The van der Waals surface area contributed by atoms with Gasteiger partial charge in [-0.15, -0.1) is 0 Å². The van der Waals surface area contributed by atoms with Crippen molar-refractivity contribution in [1.29, 1.82) is 0 Å². The van der Waals surface area contributed by atoms with E-state index in [0.29, 0.717) is 11.5 Å². The molecular formula is C33H30ClN3O3. The molecule has 0 radical (unpaired) electrons. The zero-order chi connectivity index (χ0) is 27.6. The van der Waals surface area contributed by atoms with Crippen molar-refractivity contribution in [1.82, 2.24) is 9.88 Å². The number of rotatable bonds is 7. The number of carboxylic acids is 1. The number of aromatic nitrogens is 1. The number of anilines is 1. The summed E-state index contributed by atoms with van der Waals surface area (Å²) in [7, 11) is 0. The first kappa shape index (κ1) is 26.0. The zero-order valence-corrected chi connectivity index (χ0v) is 22.9. The van der Waals surface area contributed by atoms with Crippen LogP contribution in [0, 0.1) is 0 Å². The molecule has 6 nitrogen and oxygen atoms in total. The molecule has 1 aromatic heterocycles. The van der Waals surface area contributed by atoms with Crippen molar-refractivity contribution in [3.63, 3.8) is 0 Å². The molecule has 6 rings (SSSR count). The quantitative estimate of drug-likeness (QED) is 0.215. The van der Waals surface area contributed by atoms with Gasteiger partial charge in [0.05, 0.1) is 0 Å². The number of piperazine rings is 1. The molecule has 40 heavy (non-hydrogen) atoms. The van der Waals surface area contributed by atoms with E-state index in [0.717, 1.165) is 53.4 Å². The van der Waals surface area contributed by atoms with Crippen molar-refractivity contribution < 1.29 is 14.6 Å². The van der Waals surface area contributed by atoms with E-state index in [-0.39, 0.29) is 11.6 Å². The Morgan fingerprint density at radius 2 is 1.70 bits per heavy atom. The number of ether oxygens (including phenoxy) is 1. The van der Waals surface area contributed by atoms with Crippen LogP contribution in [-0.2, 0) is 0 Å². The molecule has 1 saturated heterocycles. The van der Waals surface area contributed by atoms with Crippen LogP contribution < -0.4 is 9.64 Å². The molecule has 0 spiro atoms. The number of hydrogen-bond acceptors (Lipinski definition) is 4. The Hall–Kier alpha value is -4.26. The van der Waals surface area contributed by atoms with E-state index in [4.69, 9.17) is 16.3 Å². The minimum Gasteiger partial charge on any atom is -0.478 e. The molecule has 4 aromatic carbocycles. The Morgan fingerprint density at radius 3 is 2.48 bits per heavy atom. The lowest BCUT2D eigenvalue weighted by Gasteiger charge is -2.40. The van der Waals surface area contributed by atoms with Crippen molar-refractivity contribution in [2.45, 2.75) is 13.0 Å². The minimum atomic E-state index is -1.01. The van der Waals surface area contributed by atoms with Gasteiger partial charge in [0.25, 0.3) is 0 Å². The molecular weight excluding hydrogens is 522 g/mol. The van der Waals surface area contributed by atoms with Gasteiger partial charge in [-0.1, -0.05) is 48.0 Å². The average Bonchev–Trinajstić information content (AvgIpc) is 3.45. The highest BCUT2D eigenvalue weighted by atomic mass is 35.5. The molecule has 2 heterocycles. The van der Waals surface area contributed by atoms with Crippen LogP contribution in [0.25, 0.3) is 22.0 Å². The summed E-state index contributed by atoms with van der Waals surface area (Å²) in [6.45, 7) is 5.69. The number of fused-ring (bicyclic) bond motifs is 1. The molecule has 0 aliphatic carbocycles. The van der Waals surface area contributed by atoms with Crippen molar-refractivity contribution >= 4 is 34.2 Å². The number of benzene rings is 4. The van der Waals surface area contributed by atoms with Crippen molar-refractivity contribution in [3.05, 3.63) is 113 Å². The molecule has 0 amide bonds. The fourth-order valence-corrected chi connectivity index (χ4v) is 5.63. The number of carboxylic acid groups (broad SMARTS) is 1. The summed E-state index contributed by atoms with van der Waals surface area (Å²) in [5.41, 5.74) is 5.77. The number of H-pyrrole nitrogens is 1. The number of hydrogen-bond donors (Lipinski definition) is 2. The summed E-state index contributed by atoms with van der Waals surface area (Å²) in [6.07, 6.45) is 1.87. The van der Waals surface area contributed by atoms with E-state index in [2.05, 4.69) is 58.1 Å². The number of aromatic amines is 1. The van der Waals surface area contributed by atoms with Crippen LogP contribution in [0.15, 0.2) is 97.2 Å². The minimum absolute atomic E-state index is 0.143. The van der Waals surface area contributed by atoms with Gasteiger partial charge in [0.15, 0.2) is 0 Å². The van der Waals surface area contributed by atoms with Gasteiger partial charge in [-0.3, -0.25) is 4.90 Å². The molecule has 2 N–H and O–H groups in total. The molecule has 1 aliphatic rings. The van der Waals surface area contributed by atoms with E-state index < -0.39 is 5.97 Å². The second-order valence-corrected chi connectivity index (χ2v) is 10.5. The molecule has 0 bridgehead atoms. The van der Waals surface area contributed by atoms with Gasteiger partial charge in [-0.25, -0.2) is 4.79 Å². The fourth-order valence-electron chi connectivity index (χ4n) is 5.51. The van der Waals surface area contributed by atoms with Crippen LogP contribution >= 0.6 is 11.6 Å². The van der Waals surface area contributed by atoms with E-state index in [1.807, 2.05) is 54.7 Å². The molecule has 1 fully saturated rings. The van der Waals surface area contributed by atoms with E-state index in [9.17, 15) is 9.90 Å². The first-order chi connectivity index (χ1) is 19.5. The van der Waals surface area contributed by atoms with Crippen LogP contribution in [0.1, 0.15) is 28.9 Å². The molecule has 0 saturated carbocycles. The number of aromatic carboxylic acids is 1. The van der Waals surface area contributed by atoms with E-state index >= 15 is 0 Å². The van der Waals surface area contributed by atoms with Gasteiger partial charge in [-0.05, 0) is 72.1 Å². The van der Waals surface area contributed by atoms with Crippen LogP contribution in [-0.4, -0.2) is 47.1 Å². The molecule has 1 aliphatic heterocycles. The highest BCUT2D eigenvalue weighted by Gasteiger charge is 2.25. The van der Waals surface area contributed by atoms with Crippen molar-refractivity contribution in [2.75, 3.05) is 31.1 Å². The third-order valence-electron chi connectivity index (χ3n) is 7.74. The average molecular weight is 552 g/mol.